The SMILES string of the molecule is CC(C)c1cc(C(=O)N2CCN(Cc3ccco3)CC2)cs1. The fourth-order valence-corrected chi connectivity index (χ4v) is 3.58. The van der Waals surface area contributed by atoms with E-state index in [2.05, 4.69) is 18.7 Å². The number of hydrogen-bond donors (Lipinski definition) is 0. The fourth-order valence-electron chi connectivity index (χ4n) is 2.68. The Bertz CT molecular complexity index is 610. The Labute approximate surface area is 135 Å². The van der Waals surface area contributed by atoms with Gasteiger partial charge in [0.25, 0.3) is 5.91 Å². The maximum atomic E-state index is 12.6. The summed E-state index contributed by atoms with van der Waals surface area (Å²) in [6, 6.07) is 5.96. The van der Waals surface area contributed by atoms with Gasteiger partial charge < -0.3 is 9.32 Å². The molecule has 0 spiro atoms. The summed E-state index contributed by atoms with van der Waals surface area (Å²) in [6.07, 6.45) is 1.71. The number of carbonyl (C=O) groups is 1. The molecule has 0 atom stereocenters. The predicted molar refractivity (Wildman–Crippen MR) is 88.3 cm³/mol. The summed E-state index contributed by atoms with van der Waals surface area (Å²) in [7, 11) is 0. The molecule has 0 radical (unpaired) electrons. The Morgan fingerprint density at radius 2 is 2.09 bits per heavy atom. The van der Waals surface area contributed by atoms with Gasteiger partial charge in [0.1, 0.15) is 5.76 Å². The molecule has 3 heterocycles. The van der Waals surface area contributed by atoms with Crippen LogP contribution >= 0.6 is 11.3 Å². The molecule has 118 valence electrons. The van der Waals surface area contributed by atoms with Crippen LogP contribution in [0, 0.1) is 0 Å². The first-order valence-corrected chi connectivity index (χ1v) is 8.64. The van der Waals surface area contributed by atoms with Crippen LogP contribution < -0.4 is 0 Å². The maximum absolute atomic E-state index is 12.6. The predicted octanol–water partition coefficient (Wildman–Crippen LogP) is 3.42. The first-order chi connectivity index (χ1) is 10.6. The lowest BCUT2D eigenvalue weighted by Gasteiger charge is -2.34. The van der Waals surface area contributed by atoms with E-state index < -0.39 is 0 Å². The van der Waals surface area contributed by atoms with Crippen molar-refractivity contribution in [2.75, 3.05) is 26.2 Å². The third-order valence-corrected chi connectivity index (χ3v) is 5.29. The second-order valence-electron chi connectivity index (χ2n) is 6.04. The monoisotopic (exact) mass is 318 g/mol. The standard InChI is InChI=1S/C17H22N2O2S/c1-13(2)16-10-14(12-22-16)17(20)19-7-5-18(6-8-19)11-15-4-3-9-21-15/h3-4,9-10,12-13H,5-8,11H2,1-2H3. The highest BCUT2D eigenvalue weighted by Gasteiger charge is 2.23. The van der Waals surface area contributed by atoms with Crippen LogP contribution in [0.4, 0.5) is 0 Å². The molecule has 0 bridgehead atoms. The van der Waals surface area contributed by atoms with Crippen molar-refractivity contribution in [2.45, 2.75) is 26.3 Å². The highest BCUT2D eigenvalue weighted by atomic mass is 32.1. The van der Waals surface area contributed by atoms with Crippen molar-refractivity contribution >= 4 is 17.2 Å². The largest absolute Gasteiger partial charge is 0.468 e. The van der Waals surface area contributed by atoms with Gasteiger partial charge in [-0.1, -0.05) is 13.8 Å². The van der Waals surface area contributed by atoms with Gasteiger partial charge in [0, 0.05) is 36.4 Å². The number of furan rings is 1. The van der Waals surface area contributed by atoms with Crippen LogP contribution in [0.5, 0.6) is 0 Å². The van der Waals surface area contributed by atoms with E-state index in [1.54, 1.807) is 17.6 Å². The number of carbonyl (C=O) groups excluding carboxylic acids is 1. The Balaban J connectivity index is 1.55. The molecule has 1 saturated heterocycles. The normalized spacial score (nSPS) is 16.4. The third-order valence-electron chi connectivity index (χ3n) is 4.05. The van der Waals surface area contributed by atoms with Crippen LogP contribution in [0.2, 0.25) is 0 Å². The molecule has 4 nitrogen and oxygen atoms in total. The van der Waals surface area contributed by atoms with E-state index in [-0.39, 0.29) is 5.91 Å². The summed E-state index contributed by atoms with van der Waals surface area (Å²) in [4.78, 5) is 18.1. The van der Waals surface area contributed by atoms with E-state index >= 15 is 0 Å². The Morgan fingerprint density at radius 3 is 2.68 bits per heavy atom. The second kappa shape index (κ2) is 6.67. The lowest BCUT2D eigenvalue weighted by Crippen LogP contribution is -2.48. The second-order valence-corrected chi connectivity index (χ2v) is 6.98. The zero-order valence-corrected chi connectivity index (χ0v) is 13.9. The molecule has 0 aliphatic carbocycles. The van der Waals surface area contributed by atoms with Gasteiger partial charge in [0.05, 0.1) is 18.4 Å². The topological polar surface area (TPSA) is 36.7 Å². The van der Waals surface area contributed by atoms with E-state index in [1.165, 1.54) is 4.88 Å². The van der Waals surface area contributed by atoms with Crippen LogP contribution in [-0.2, 0) is 6.54 Å². The van der Waals surface area contributed by atoms with Gasteiger partial charge in [0.2, 0.25) is 0 Å². The number of thiophene rings is 1. The number of nitrogens with zero attached hydrogens (tertiary/aromatic N) is 2. The molecular formula is C17H22N2O2S. The van der Waals surface area contributed by atoms with Crippen LogP contribution in [0.3, 0.4) is 0 Å². The minimum Gasteiger partial charge on any atom is -0.468 e. The molecule has 2 aromatic heterocycles. The zero-order valence-electron chi connectivity index (χ0n) is 13.1. The minimum absolute atomic E-state index is 0.167. The smallest absolute Gasteiger partial charge is 0.254 e. The summed E-state index contributed by atoms with van der Waals surface area (Å²) < 4.78 is 5.38. The lowest BCUT2D eigenvalue weighted by molar-refractivity contribution is 0.0621. The molecular weight excluding hydrogens is 296 g/mol. The average molecular weight is 318 g/mol. The first-order valence-electron chi connectivity index (χ1n) is 7.76. The number of amides is 1. The molecule has 1 aliphatic rings. The molecule has 2 aromatic rings. The quantitative estimate of drug-likeness (QED) is 0.867. The zero-order chi connectivity index (χ0) is 15.5. The van der Waals surface area contributed by atoms with Crippen LogP contribution in [-0.4, -0.2) is 41.9 Å². The summed E-state index contributed by atoms with van der Waals surface area (Å²) in [5, 5.41) is 1.99. The summed E-state index contributed by atoms with van der Waals surface area (Å²) in [6.45, 7) is 8.51. The number of hydrogen-bond acceptors (Lipinski definition) is 4. The van der Waals surface area contributed by atoms with Gasteiger partial charge >= 0.3 is 0 Å². The number of piperazine rings is 1. The molecule has 0 unspecified atom stereocenters. The fraction of sp³-hybridized carbons (Fsp3) is 0.471. The van der Waals surface area contributed by atoms with Crippen molar-refractivity contribution in [1.29, 1.82) is 0 Å². The van der Waals surface area contributed by atoms with E-state index in [0.29, 0.717) is 5.92 Å². The van der Waals surface area contributed by atoms with E-state index in [9.17, 15) is 4.79 Å². The van der Waals surface area contributed by atoms with Gasteiger partial charge in [-0.3, -0.25) is 9.69 Å². The summed E-state index contributed by atoms with van der Waals surface area (Å²) in [5.41, 5.74) is 0.841. The molecule has 1 amide bonds. The lowest BCUT2D eigenvalue weighted by atomic mass is 10.1. The van der Waals surface area contributed by atoms with Gasteiger partial charge in [-0.25, -0.2) is 0 Å². The van der Waals surface area contributed by atoms with E-state index in [4.69, 9.17) is 4.42 Å². The molecule has 0 saturated carbocycles. The Morgan fingerprint density at radius 1 is 1.32 bits per heavy atom. The van der Waals surface area contributed by atoms with E-state index in [1.807, 2.05) is 28.5 Å². The molecule has 1 aliphatic heterocycles. The summed E-state index contributed by atoms with van der Waals surface area (Å²) in [5.74, 6) is 1.64. The highest BCUT2D eigenvalue weighted by molar-refractivity contribution is 7.10. The maximum Gasteiger partial charge on any atom is 0.254 e. The van der Waals surface area contributed by atoms with Crippen molar-refractivity contribution in [1.82, 2.24) is 9.80 Å². The minimum atomic E-state index is 0.167. The van der Waals surface area contributed by atoms with Crippen molar-refractivity contribution in [2.24, 2.45) is 0 Å². The Hall–Kier alpha value is -1.59. The van der Waals surface area contributed by atoms with Gasteiger partial charge in [-0.2, -0.15) is 0 Å². The van der Waals surface area contributed by atoms with Crippen LogP contribution in [0.1, 0.15) is 40.8 Å². The third kappa shape index (κ3) is 3.42. The van der Waals surface area contributed by atoms with Crippen molar-refractivity contribution in [3.05, 3.63) is 46.0 Å². The van der Waals surface area contributed by atoms with Crippen LogP contribution in [0.15, 0.2) is 34.3 Å². The van der Waals surface area contributed by atoms with Gasteiger partial charge in [0.15, 0.2) is 0 Å². The van der Waals surface area contributed by atoms with Crippen LogP contribution in [0.25, 0.3) is 0 Å². The summed E-state index contributed by atoms with van der Waals surface area (Å²) >= 11 is 1.68. The van der Waals surface area contributed by atoms with Crippen molar-refractivity contribution in [3.63, 3.8) is 0 Å². The van der Waals surface area contributed by atoms with Gasteiger partial charge in [-0.05, 0) is 24.1 Å². The van der Waals surface area contributed by atoms with Gasteiger partial charge in [-0.15, -0.1) is 11.3 Å². The molecule has 0 N–H and O–H groups in total. The molecule has 1 fully saturated rings. The average Bonchev–Trinajstić information content (AvgIpc) is 3.18. The number of rotatable bonds is 4. The van der Waals surface area contributed by atoms with Crippen molar-refractivity contribution < 1.29 is 9.21 Å². The Kier molecular flexibility index (Phi) is 4.64. The molecule has 22 heavy (non-hydrogen) atoms. The first kappa shape index (κ1) is 15.3. The van der Waals surface area contributed by atoms with Crippen molar-refractivity contribution in [3.8, 4) is 0 Å². The molecule has 0 aromatic carbocycles. The van der Waals surface area contributed by atoms with E-state index in [0.717, 1.165) is 44.0 Å². The highest BCUT2D eigenvalue weighted by Crippen LogP contribution is 2.24. The molecule has 5 heteroatoms. The molecule has 3 rings (SSSR count).